The molecular formula is C12H21NO3. The maximum Gasteiger partial charge on any atom is 0.226 e. The van der Waals surface area contributed by atoms with Gasteiger partial charge in [0.1, 0.15) is 0 Å². The number of rotatable bonds is 3. The Hall–Kier alpha value is -0.610. The molecule has 2 N–H and O–H groups in total. The molecule has 1 saturated heterocycles. The largest absolute Gasteiger partial charge is 0.394 e. The van der Waals surface area contributed by atoms with Gasteiger partial charge in [0.25, 0.3) is 0 Å². The average molecular weight is 227 g/mol. The Kier molecular flexibility index (Phi) is 2.97. The zero-order chi connectivity index (χ0) is 11.9. The maximum absolute atomic E-state index is 12.1. The lowest BCUT2D eigenvalue weighted by atomic mass is 9.88. The minimum Gasteiger partial charge on any atom is -0.394 e. The number of nitrogens with one attached hydrogen (secondary N) is 1. The second kappa shape index (κ2) is 4.00. The Balaban J connectivity index is 1.99. The third-order valence-electron chi connectivity index (χ3n) is 4.09. The van der Waals surface area contributed by atoms with Crippen LogP contribution in [0.1, 0.15) is 33.6 Å². The van der Waals surface area contributed by atoms with Gasteiger partial charge in [-0.15, -0.1) is 0 Å². The molecule has 1 aliphatic carbocycles. The molecule has 92 valence electrons. The van der Waals surface area contributed by atoms with Crippen molar-refractivity contribution in [3.8, 4) is 0 Å². The van der Waals surface area contributed by atoms with Crippen LogP contribution in [-0.2, 0) is 9.53 Å². The van der Waals surface area contributed by atoms with E-state index in [1.54, 1.807) is 0 Å². The van der Waals surface area contributed by atoms with Gasteiger partial charge < -0.3 is 15.2 Å². The van der Waals surface area contributed by atoms with E-state index in [0.717, 1.165) is 12.8 Å². The molecule has 0 bridgehead atoms. The summed E-state index contributed by atoms with van der Waals surface area (Å²) >= 11 is 0. The van der Waals surface area contributed by atoms with Crippen molar-refractivity contribution in [2.24, 2.45) is 11.8 Å². The van der Waals surface area contributed by atoms with Crippen LogP contribution < -0.4 is 5.32 Å². The predicted molar refractivity (Wildman–Crippen MR) is 59.9 cm³/mol. The summed E-state index contributed by atoms with van der Waals surface area (Å²) in [6, 6.07) is 0. The van der Waals surface area contributed by atoms with Crippen molar-refractivity contribution in [1.29, 1.82) is 0 Å². The monoisotopic (exact) mass is 227 g/mol. The second-order valence-electron chi connectivity index (χ2n) is 5.36. The Morgan fingerprint density at radius 2 is 2.00 bits per heavy atom. The fraction of sp³-hybridized carbons (Fsp3) is 0.917. The molecule has 1 amide bonds. The van der Waals surface area contributed by atoms with Gasteiger partial charge >= 0.3 is 0 Å². The smallest absolute Gasteiger partial charge is 0.226 e. The van der Waals surface area contributed by atoms with E-state index in [1.807, 2.05) is 13.8 Å². The number of amides is 1. The van der Waals surface area contributed by atoms with Crippen LogP contribution >= 0.6 is 0 Å². The molecular weight excluding hydrogens is 206 g/mol. The van der Waals surface area contributed by atoms with Gasteiger partial charge in [0.2, 0.25) is 5.91 Å². The van der Waals surface area contributed by atoms with Gasteiger partial charge in [0, 0.05) is 0 Å². The number of ether oxygens (including phenoxy) is 1. The minimum absolute atomic E-state index is 0.0282. The van der Waals surface area contributed by atoms with Crippen molar-refractivity contribution in [2.75, 3.05) is 6.61 Å². The van der Waals surface area contributed by atoms with Gasteiger partial charge in [-0.05, 0) is 32.6 Å². The molecule has 2 rings (SSSR count). The summed E-state index contributed by atoms with van der Waals surface area (Å²) in [5.41, 5.74) is -0.317. The van der Waals surface area contributed by atoms with Crippen molar-refractivity contribution in [3.63, 3.8) is 0 Å². The molecule has 1 aliphatic heterocycles. The van der Waals surface area contributed by atoms with E-state index < -0.39 is 0 Å². The van der Waals surface area contributed by atoms with E-state index >= 15 is 0 Å². The summed E-state index contributed by atoms with van der Waals surface area (Å²) in [5.74, 6) is 0.194. The summed E-state index contributed by atoms with van der Waals surface area (Å²) in [6.45, 7) is 6.05. The van der Waals surface area contributed by atoms with Crippen LogP contribution in [0.25, 0.3) is 0 Å². The highest BCUT2D eigenvalue weighted by Gasteiger charge is 2.48. The average Bonchev–Trinajstić information content (AvgIpc) is 2.92. The van der Waals surface area contributed by atoms with Crippen molar-refractivity contribution in [3.05, 3.63) is 0 Å². The topological polar surface area (TPSA) is 58.6 Å². The molecule has 4 unspecified atom stereocenters. The first-order valence-corrected chi connectivity index (χ1v) is 6.07. The van der Waals surface area contributed by atoms with E-state index in [1.165, 1.54) is 0 Å². The Bertz CT molecular complexity index is 288. The summed E-state index contributed by atoms with van der Waals surface area (Å²) < 4.78 is 5.65. The van der Waals surface area contributed by atoms with E-state index in [2.05, 4.69) is 12.2 Å². The minimum atomic E-state index is -0.317. The van der Waals surface area contributed by atoms with Crippen molar-refractivity contribution < 1.29 is 14.6 Å². The molecule has 4 atom stereocenters. The molecule has 0 radical (unpaired) electrons. The SMILES string of the molecule is CC1OC(C)C(C(=O)NC2(CO)CC2)C1C. The highest BCUT2D eigenvalue weighted by atomic mass is 16.5. The quantitative estimate of drug-likeness (QED) is 0.745. The second-order valence-corrected chi connectivity index (χ2v) is 5.36. The summed E-state index contributed by atoms with van der Waals surface area (Å²) in [7, 11) is 0. The third-order valence-corrected chi connectivity index (χ3v) is 4.09. The summed E-state index contributed by atoms with van der Waals surface area (Å²) in [4.78, 5) is 12.1. The molecule has 0 aromatic rings. The van der Waals surface area contributed by atoms with Crippen LogP contribution in [0.5, 0.6) is 0 Å². The Morgan fingerprint density at radius 1 is 1.38 bits per heavy atom. The first kappa shape index (κ1) is 11.9. The van der Waals surface area contributed by atoms with Crippen LogP contribution in [0, 0.1) is 11.8 Å². The van der Waals surface area contributed by atoms with Crippen LogP contribution in [0.4, 0.5) is 0 Å². The molecule has 1 heterocycles. The number of aliphatic hydroxyl groups is 1. The molecule has 2 aliphatic rings. The predicted octanol–water partition coefficient (Wildman–Crippen LogP) is 0.687. The van der Waals surface area contributed by atoms with Crippen LogP contribution in [0.15, 0.2) is 0 Å². The standard InChI is InChI=1S/C12H21NO3/c1-7-8(2)16-9(3)10(7)11(15)13-12(6-14)4-5-12/h7-10,14H,4-6H2,1-3H3,(H,13,15). The normalized spacial score (nSPS) is 40.8. The van der Waals surface area contributed by atoms with Gasteiger partial charge in [0.15, 0.2) is 0 Å². The highest BCUT2D eigenvalue weighted by molar-refractivity contribution is 5.81. The van der Waals surface area contributed by atoms with E-state index in [0.29, 0.717) is 0 Å². The van der Waals surface area contributed by atoms with Gasteiger partial charge in [-0.2, -0.15) is 0 Å². The van der Waals surface area contributed by atoms with E-state index in [-0.39, 0.29) is 42.1 Å². The number of hydrogen-bond donors (Lipinski definition) is 2. The lowest BCUT2D eigenvalue weighted by molar-refractivity contribution is -0.128. The summed E-state index contributed by atoms with van der Waals surface area (Å²) in [6.07, 6.45) is 1.89. The number of carbonyl (C=O) groups is 1. The molecule has 0 aromatic carbocycles. The first-order valence-electron chi connectivity index (χ1n) is 6.07. The van der Waals surface area contributed by atoms with Crippen molar-refractivity contribution in [2.45, 2.75) is 51.4 Å². The lowest BCUT2D eigenvalue weighted by Crippen LogP contribution is -2.45. The fourth-order valence-corrected chi connectivity index (χ4v) is 2.54. The van der Waals surface area contributed by atoms with Crippen LogP contribution in [0.2, 0.25) is 0 Å². The number of aliphatic hydroxyl groups excluding tert-OH is 1. The van der Waals surface area contributed by atoms with Crippen molar-refractivity contribution in [1.82, 2.24) is 5.32 Å². The molecule has 1 saturated carbocycles. The van der Waals surface area contributed by atoms with E-state index in [9.17, 15) is 9.90 Å². The summed E-state index contributed by atoms with van der Waals surface area (Å²) in [5, 5.41) is 12.2. The van der Waals surface area contributed by atoms with Gasteiger partial charge in [-0.25, -0.2) is 0 Å². The molecule has 0 spiro atoms. The zero-order valence-corrected chi connectivity index (χ0v) is 10.2. The number of carbonyl (C=O) groups excluding carboxylic acids is 1. The fourth-order valence-electron chi connectivity index (χ4n) is 2.54. The maximum atomic E-state index is 12.1. The van der Waals surface area contributed by atoms with Crippen LogP contribution in [0.3, 0.4) is 0 Å². The van der Waals surface area contributed by atoms with Gasteiger partial charge in [-0.3, -0.25) is 4.79 Å². The molecule has 4 heteroatoms. The zero-order valence-electron chi connectivity index (χ0n) is 10.2. The molecule has 2 fully saturated rings. The Morgan fingerprint density at radius 3 is 2.38 bits per heavy atom. The lowest BCUT2D eigenvalue weighted by Gasteiger charge is -2.22. The van der Waals surface area contributed by atoms with Gasteiger partial charge in [-0.1, -0.05) is 6.92 Å². The van der Waals surface area contributed by atoms with E-state index in [4.69, 9.17) is 4.74 Å². The Labute approximate surface area is 96.4 Å². The molecule has 16 heavy (non-hydrogen) atoms. The number of hydrogen-bond acceptors (Lipinski definition) is 3. The van der Waals surface area contributed by atoms with Crippen LogP contribution in [-0.4, -0.2) is 35.4 Å². The molecule has 4 nitrogen and oxygen atoms in total. The van der Waals surface area contributed by atoms with Crippen molar-refractivity contribution >= 4 is 5.91 Å². The highest BCUT2D eigenvalue weighted by Crippen LogP contribution is 2.37. The third kappa shape index (κ3) is 1.96. The van der Waals surface area contributed by atoms with Gasteiger partial charge in [0.05, 0.1) is 30.3 Å². The first-order chi connectivity index (χ1) is 7.49. The molecule has 0 aromatic heterocycles.